The van der Waals surface area contributed by atoms with E-state index in [2.05, 4.69) is 0 Å². The van der Waals surface area contributed by atoms with Crippen LogP contribution < -0.4 is 51.4 Å². The van der Waals surface area contributed by atoms with Gasteiger partial charge in [-0.05, 0) is 12.1 Å². The van der Waals surface area contributed by atoms with Crippen molar-refractivity contribution in [2.75, 3.05) is 0 Å². The fourth-order valence-electron chi connectivity index (χ4n) is 1.17. The van der Waals surface area contributed by atoms with E-state index in [1.54, 1.807) is 12.1 Å². The van der Waals surface area contributed by atoms with Crippen LogP contribution >= 0.6 is 0 Å². The van der Waals surface area contributed by atoms with Crippen molar-refractivity contribution >= 4 is 11.8 Å². The number of hydroxylamine groups is 2. The fourth-order valence-corrected chi connectivity index (χ4v) is 1.17. The van der Waals surface area contributed by atoms with Crippen LogP contribution in [-0.4, -0.2) is 16.9 Å². The molecule has 1 aliphatic rings. The zero-order valence-corrected chi connectivity index (χ0v) is 10.1. The average molecular weight is 201 g/mol. The third-order valence-corrected chi connectivity index (χ3v) is 1.76. The Kier molecular flexibility index (Phi) is 3.39. The monoisotopic (exact) mass is 201 g/mol. The molecule has 0 saturated carbocycles. The zero-order chi connectivity index (χ0) is 8.72. The Morgan fingerprint density at radius 1 is 1.00 bits per heavy atom. The van der Waals surface area contributed by atoms with Gasteiger partial charge in [-0.1, -0.05) is 12.1 Å². The van der Waals surface area contributed by atoms with Crippen LogP contribution in [0, 0.1) is 5.21 Å². The molecule has 60 valence electrons. The molecule has 0 radical (unpaired) electrons. The summed E-state index contributed by atoms with van der Waals surface area (Å²) in [6, 6.07) is 6.16. The number of hydrogen-bond acceptors (Lipinski definition) is 3. The summed E-state index contributed by atoms with van der Waals surface area (Å²) >= 11 is 0. The molecule has 2 amide bonds. The minimum absolute atomic E-state index is 0. The first-order valence-corrected chi connectivity index (χ1v) is 3.37. The summed E-state index contributed by atoms with van der Waals surface area (Å²) in [4.78, 5) is 22.0. The molecule has 5 heteroatoms. The standard InChI is InChI=1S/C8H4NO3.K/c10-7-5-3-1-2-4-6(5)8(11)9(7)12;/h1-4H;/q-1;+1. The van der Waals surface area contributed by atoms with Crippen LogP contribution in [0.5, 0.6) is 0 Å². The predicted octanol–water partition coefficient (Wildman–Crippen LogP) is -2.22. The van der Waals surface area contributed by atoms with Crippen LogP contribution in [0.4, 0.5) is 0 Å². The number of benzene rings is 1. The molecule has 4 nitrogen and oxygen atoms in total. The van der Waals surface area contributed by atoms with Crippen LogP contribution in [-0.2, 0) is 0 Å². The first-order chi connectivity index (χ1) is 5.72. The minimum atomic E-state index is -0.768. The van der Waals surface area contributed by atoms with E-state index in [0.717, 1.165) is 0 Å². The van der Waals surface area contributed by atoms with Gasteiger partial charge in [0.15, 0.2) is 0 Å². The Hall–Kier alpha value is -0.0436. The molecule has 0 bridgehead atoms. The predicted molar refractivity (Wildman–Crippen MR) is 40.3 cm³/mol. The second kappa shape index (κ2) is 3.99. The molecule has 0 atom stereocenters. The van der Waals surface area contributed by atoms with E-state index in [-0.39, 0.29) is 67.6 Å². The number of carbonyl (C=O) groups is 2. The van der Waals surface area contributed by atoms with Crippen molar-refractivity contribution in [3.63, 3.8) is 0 Å². The molecule has 0 unspecified atom stereocenters. The van der Waals surface area contributed by atoms with Crippen molar-refractivity contribution in [2.45, 2.75) is 0 Å². The molecule has 1 aromatic rings. The van der Waals surface area contributed by atoms with E-state index in [1.807, 2.05) is 0 Å². The van der Waals surface area contributed by atoms with Crippen LogP contribution in [0.25, 0.3) is 0 Å². The quantitative estimate of drug-likeness (QED) is 0.353. The van der Waals surface area contributed by atoms with E-state index in [0.29, 0.717) is 0 Å². The second-order valence-electron chi connectivity index (χ2n) is 2.45. The van der Waals surface area contributed by atoms with Gasteiger partial charge in [-0.2, -0.15) is 0 Å². The topological polar surface area (TPSA) is 60.4 Å². The number of fused-ring (bicyclic) bond motifs is 1. The molecule has 1 aliphatic heterocycles. The molecule has 0 saturated heterocycles. The average Bonchev–Trinajstić information content (AvgIpc) is 2.33. The summed E-state index contributed by atoms with van der Waals surface area (Å²) in [7, 11) is 0. The van der Waals surface area contributed by atoms with Gasteiger partial charge in [0.2, 0.25) is 0 Å². The molecule has 1 aromatic carbocycles. The summed E-state index contributed by atoms with van der Waals surface area (Å²) in [5.74, 6) is -1.54. The van der Waals surface area contributed by atoms with Crippen LogP contribution in [0.15, 0.2) is 24.3 Å². The van der Waals surface area contributed by atoms with E-state index < -0.39 is 11.8 Å². The van der Waals surface area contributed by atoms with Crippen molar-refractivity contribution in [3.8, 4) is 0 Å². The Morgan fingerprint density at radius 2 is 1.38 bits per heavy atom. The van der Waals surface area contributed by atoms with E-state index >= 15 is 0 Å². The third-order valence-electron chi connectivity index (χ3n) is 1.76. The Balaban J connectivity index is 0.000000845. The van der Waals surface area contributed by atoms with Gasteiger partial charge in [0.05, 0.1) is 11.1 Å². The zero-order valence-electron chi connectivity index (χ0n) is 6.98. The number of nitrogens with zero attached hydrogens (tertiary/aromatic N) is 1. The van der Waals surface area contributed by atoms with Crippen LogP contribution in [0.2, 0.25) is 0 Å². The molecule has 0 N–H and O–H groups in total. The molecule has 1 heterocycles. The second-order valence-corrected chi connectivity index (χ2v) is 2.45. The van der Waals surface area contributed by atoms with Crippen molar-refractivity contribution in [2.24, 2.45) is 0 Å². The van der Waals surface area contributed by atoms with Crippen LogP contribution in [0.3, 0.4) is 0 Å². The maximum Gasteiger partial charge on any atom is 1.00 e. The maximum atomic E-state index is 11.0. The number of carbonyl (C=O) groups excluding carboxylic acids is 2. The summed E-state index contributed by atoms with van der Waals surface area (Å²) in [5, 5.41) is 10.7. The number of hydrogen-bond donors (Lipinski definition) is 0. The van der Waals surface area contributed by atoms with Crippen molar-refractivity contribution in [1.29, 1.82) is 0 Å². The van der Waals surface area contributed by atoms with Crippen LogP contribution in [0.1, 0.15) is 20.7 Å². The molecular formula is C8H4KNO3. The SMILES string of the molecule is O=C1c2ccccc2C(=O)N1[O-].[K+]. The van der Waals surface area contributed by atoms with Gasteiger partial charge >= 0.3 is 51.4 Å². The minimum Gasteiger partial charge on any atom is -0.749 e. The van der Waals surface area contributed by atoms with Gasteiger partial charge in [0.1, 0.15) is 0 Å². The Morgan fingerprint density at radius 3 is 1.77 bits per heavy atom. The van der Waals surface area contributed by atoms with E-state index in [1.165, 1.54) is 12.1 Å². The molecule has 0 spiro atoms. The van der Waals surface area contributed by atoms with Gasteiger partial charge in [-0.3, -0.25) is 9.59 Å². The van der Waals surface area contributed by atoms with Crippen molar-refractivity contribution < 1.29 is 61.0 Å². The molecule has 2 rings (SSSR count). The smallest absolute Gasteiger partial charge is 0.749 e. The number of rotatable bonds is 0. The molecular weight excluding hydrogens is 197 g/mol. The first kappa shape index (κ1) is 11.0. The maximum absolute atomic E-state index is 11.0. The first-order valence-electron chi connectivity index (χ1n) is 3.37. The molecule has 0 fully saturated rings. The molecule has 0 aliphatic carbocycles. The Labute approximate surface area is 117 Å². The van der Waals surface area contributed by atoms with Gasteiger partial charge in [0, 0.05) is 0 Å². The van der Waals surface area contributed by atoms with Gasteiger partial charge < -0.3 is 10.3 Å². The summed E-state index contributed by atoms with van der Waals surface area (Å²) < 4.78 is 0. The molecule has 13 heavy (non-hydrogen) atoms. The normalized spacial score (nSPS) is 14.1. The van der Waals surface area contributed by atoms with Gasteiger partial charge in [0.25, 0.3) is 11.8 Å². The summed E-state index contributed by atoms with van der Waals surface area (Å²) in [6.45, 7) is 0. The number of imide groups is 1. The fraction of sp³-hybridized carbons (Fsp3) is 0. The van der Waals surface area contributed by atoms with Crippen molar-refractivity contribution in [3.05, 3.63) is 40.6 Å². The van der Waals surface area contributed by atoms with Gasteiger partial charge in [-0.15, -0.1) is 0 Å². The summed E-state index contributed by atoms with van der Waals surface area (Å²) in [6.07, 6.45) is 0. The largest absolute Gasteiger partial charge is 1.00 e. The van der Waals surface area contributed by atoms with E-state index in [9.17, 15) is 14.8 Å². The Bertz CT molecular complexity index is 342. The number of amides is 2. The van der Waals surface area contributed by atoms with Crippen molar-refractivity contribution in [1.82, 2.24) is 5.06 Å². The van der Waals surface area contributed by atoms with E-state index in [4.69, 9.17) is 0 Å². The third kappa shape index (κ3) is 1.63. The van der Waals surface area contributed by atoms with Gasteiger partial charge in [-0.25, -0.2) is 0 Å². The molecule has 0 aromatic heterocycles. The summed E-state index contributed by atoms with van der Waals surface area (Å²) in [5.41, 5.74) is 0.384.